The number of tetrazole rings is 1. The smallest absolute Gasteiger partial charge is 0.311 e. The molecule has 7 nitrogen and oxygen atoms in total. The van der Waals surface area contributed by atoms with Crippen molar-refractivity contribution in [2.24, 2.45) is 0 Å². The van der Waals surface area contributed by atoms with E-state index in [1.807, 2.05) is 5.38 Å². The van der Waals surface area contributed by atoms with Crippen LogP contribution in [-0.4, -0.2) is 32.2 Å². The molecule has 2 aromatic heterocycles. The van der Waals surface area contributed by atoms with Crippen molar-refractivity contribution in [1.82, 2.24) is 19.8 Å². The summed E-state index contributed by atoms with van der Waals surface area (Å²) < 4.78 is 15.2. The van der Waals surface area contributed by atoms with Gasteiger partial charge in [-0.15, -0.1) is 11.3 Å². The maximum Gasteiger partial charge on any atom is 0.369 e. The summed E-state index contributed by atoms with van der Waals surface area (Å²) >= 11 is 1.35. The third-order valence-corrected chi connectivity index (χ3v) is 4.24. The van der Waals surface area contributed by atoms with Crippen LogP contribution in [0, 0.1) is 5.82 Å². The third kappa shape index (κ3) is 3.11. The highest BCUT2D eigenvalue weighted by Crippen LogP contribution is 2.15. The maximum absolute atomic E-state index is 13.0. The van der Waals surface area contributed by atoms with Gasteiger partial charge in [0.1, 0.15) is 17.4 Å². The number of likely N-dealkylation sites (N-methyl/N-ethyl adjacent to an activating group) is 1. The number of benzene rings is 1. The number of anilines is 1. The largest absolute Gasteiger partial charge is 0.369 e. The summed E-state index contributed by atoms with van der Waals surface area (Å²) in [6.45, 7) is 1.94. The Morgan fingerprint density at radius 2 is 2.00 bits per heavy atom. The number of aromatic nitrogens is 4. The Bertz CT molecular complexity index is 885. The molecule has 1 amide bonds. The van der Waals surface area contributed by atoms with Crippen LogP contribution in [0.5, 0.6) is 0 Å². The summed E-state index contributed by atoms with van der Waals surface area (Å²) in [6.07, 6.45) is 0. The van der Waals surface area contributed by atoms with E-state index in [0.29, 0.717) is 17.2 Å². The topological polar surface area (TPSA) is 73.0 Å². The molecule has 3 rings (SSSR count). The summed E-state index contributed by atoms with van der Waals surface area (Å²) in [7, 11) is 0. The minimum atomic E-state index is -0.485. The van der Waals surface area contributed by atoms with Crippen molar-refractivity contribution < 1.29 is 9.18 Å². The lowest BCUT2D eigenvalue weighted by atomic mass is 10.2. The van der Waals surface area contributed by atoms with Gasteiger partial charge in [-0.3, -0.25) is 4.79 Å². The van der Waals surface area contributed by atoms with E-state index < -0.39 is 5.69 Å². The van der Waals surface area contributed by atoms with Crippen LogP contribution in [0.3, 0.4) is 0 Å². The van der Waals surface area contributed by atoms with Gasteiger partial charge in [0, 0.05) is 12.2 Å². The first-order chi connectivity index (χ1) is 11.6. The molecule has 2 heterocycles. The maximum atomic E-state index is 13.0. The van der Waals surface area contributed by atoms with Crippen LogP contribution in [0.15, 0.2) is 46.6 Å². The second kappa shape index (κ2) is 6.75. The van der Waals surface area contributed by atoms with E-state index >= 15 is 0 Å². The van der Waals surface area contributed by atoms with Crippen LogP contribution in [0.2, 0.25) is 0 Å². The Morgan fingerprint density at radius 3 is 2.62 bits per heavy atom. The normalized spacial score (nSPS) is 10.8. The summed E-state index contributed by atoms with van der Waals surface area (Å²) in [6, 6.07) is 9.13. The molecule has 0 atom stereocenters. The third-order valence-electron chi connectivity index (χ3n) is 3.39. The van der Waals surface area contributed by atoms with Gasteiger partial charge in [0.15, 0.2) is 0 Å². The van der Waals surface area contributed by atoms with Gasteiger partial charge in [-0.1, -0.05) is 0 Å². The van der Waals surface area contributed by atoms with E-state index in [0.717, 1.165) is 9.36 Å². The first kappa shape index (κ1) is 16.1. The zero-order valence-electron chi connectivity index (χ0n) is 12.8. The minimum Gasteiger partial charge on any atom is -0.311 e. The summed E-state index contributed by atoms with van der Waals surface area (Å²) in [4.78, 5) is 26.2. The molecule has 24 heavy (non-hydrogen) atoms. The lowest BCUT2D eigenvalue weighted by Gasteiger charge is -2.20. The van der Waals surface area contributed by atoms with Crippen molar-refractivity contribution in [3.63, 3.8) is 0 Å². The Labute approximate surface area is 140 Å². The van der Waals surface area contributed by atoms with E-state index in [1.54, 1.807) is 19.1 Å². The summed E-state index contributed by atoms with van der Waals surface area (Å²) in [5.41, 5.74) is 0.0727. The number of hydrogen-bond donors (Lipinski definition) is 0. The monoisotopic (exact) mass is 347 g/mol. The highest BCUT2D eigenvalue weighted by molar-refractivity contribution is 7.12. The van der Waals surface area contributed by atoms with Crippen LogP contribution in [0.4, 0.5) is 10.1 Å². The fourth-order valence-corrected chi connectivity index (χ4v) is 2.91. The standard InChI is InChI=1S/C15H14FN5O2S/c1-2-19(12-7-5-11(16)6-8-12)13(22)10-20-15(23)21(18-17-20)14-4-3-9-24-14/h3-9H,2,10H2,1H3. The summed E-state index contributed by atoms with van der Waals surface area (Å²) in [5, 5.41) is 9.99. The van der Waals surface area contributed by atoms with Crippen molar-refractivity contribution in [2.75, 3.05) is 11.4 Å². The van der Waals surface area contributed by atoms with Crippen molar-refractivity contribution >= 4 is 22.9 Å². The van der Waals surface area contributed by atoms with Crippen LogP contribution in [0.25, 0.3) is 5.00 Å². The average Bonchev–Trinajstić information content (AvgIpc) is 3.21. The highest BCUT2D eigenvalue weighted by Gasteiger charge is 2.18. The predicted octanol–water partition coefficient (Wildman–Crippen LogP) is 1.68. The quantitative estimate of drug-likeness (QED) is 0.704. The van der Waals surface area contributed by atoms with Crippen LogP contribution in [-0.2, 0) is 11.3 Å². The molecule has 0 fully saturated rings. The van der Waals surface area contributed by atoms with Crippen LogP contribution in [0.1, 0.15) is 6.92 Å². The molecule has 9 heteroatoms. The van der Waals surface area contributed by atoms with Gasteiger partial charge in [-0.05, 0) is 59.1 Å². The Morgan fingerprint density at radius 1 is 1.25 bits per heavy atom. The van der Waals surface area contributed by atoms with Gasteiger partial charge in [-0.25, -0.2) is 9.18 Å². The SMILES string of the molecule is CCN(C(=O)Cn1nnn(-c2cccs2)c1=O)c1ccc(F)cc1. The molecule has 0 bridgehead atoms. The average molecular weight is 347 g/mol. The van der Waals surface area contributed by atoms with Gasteiger partial charge in [0.05, 0.1) is 0 Å². The molecule has 124 valence electrons. The van der Waals surface area contributed by atoms with Crippen molar-refractivity contribution in [3.8, 4) is 5.00 Å². The molecule has 1 aromatic carbocycles. The molecule has 0 aliphatic carbocycles. The van der Waals surface area contributed by atoms with E-state index in [4.69, 9.17) is 0 Å². The second-order valence-corrected chi connectivity index (χ2v) is 5.82. The highest BCUT2D eigenvalue weighted by atomic mass is 32.1. The van der Waals surface area contributed by atoms with Gasteiger partial charge >= 0.3 is 5.69 Å². The molecule has 3 aromatic rings. The number of hydrogen-bond acceptors (Lipinski definition) is 5. The fraction of sp³-hybridized carbons (Fsp3) is 0.200. The lowest BCUT2D eigenvalue weighted by Crippen LogP contribution is -2.37. The first-order valence-electron chi connectivity index (χ1n) is 7.22. The van der Waals surface area contributed by atoms with E-state index in [2.05, 4.69) is 10.4 Å². The zero-order chi connectivity index (χ0) is 17.1. The van der Waals surface area contributed by atoms with Gasteiger partial charge in [0.2, 0.25) is 5.91 Å². The molecule has 0 aliphatic rings. The molecule has 0 N–H and O–H groups in total. The zero-order valence-corrected chi connectivity index (χ0v) is 13.6. The molecule has 0 unspecified atom stereocenters. The first-order valence-corrected chi connectivity index (χ1v) is 8.10. The van der Waals surface area contributed by atoms with Gasteiger partial charge < -0.3 is 4.90 Å². The number of amides is 1. The van der Waals surface area contributed by atoms with Gasteiger partial charge in [0.25, 0.3) is 0 Å². The second-order valence-electron chi connectivity index (χ2n) is 4.90. The lowest BCUT2D eigenvalue weighted by molar-refractivity contribution is -0.119. The Kier molecular flexibility index (Phi) is 4.52. The molecule has 0 radical (unpaired) electrons. The molecular weight excluding hydrogens is 333 g/mol. The minimum absolute atomic E-state index is 0.241. The van der Waals surface area contributed by atoms with E-state index in [9.17, 15) is 14.0 Å². The number of carbonyl (C=O) groups excluding carboxylic acids is 1. The predicted molar refractivity (Wildman–Crippen MR) is 87.9 cm³/mol. The molecule has 0 saturated carbocycles. The molecule has 0 saturated heterocycles. The number of carbonyl (C=O) groups is 1. The van der Waals surface area contributed by atoms with Crippen molar-refractivity contribution in [3.05, 3.63) is 58.1 Å². The van der Waals surface area contributed by atoms with Gasteiger partial charge in [-0.2, -0.15) is 9.36 Å². The van der Waals surface area contributed by atoms with Crippen molar-refractivity contribution in [2.45, 2.75) is 13.5 Å². The van der Waals surface area contributed by atoms with Crippen molar-refractivity contribution in [1.29, 1.82) is 0 Å². The van der Waals surface area contributed by atoms with E-state index in [1.165, 1.54) is 40.5 Å². The Hall–Kier alpha value is -2.81. The van der Waals surface area contributed by atoms with E-state index in [-0.39, 0.29) is 18.3 Å². The van der Waals surface area contributed by atoms with Crippen LogP contribution < -0.4 is 10.6 Å². The molecule has 0 spiro atoms. The molecule has 0 aliphatic heterocycles. The number of thiophene rings is 1. The summed E-state index contributed by atoms with van der Waals surface area (Å²) in [5.74, 6) is -0.707. The Balaban J connectivity index is 1.81. The molecular formula is C15H14FN5O2S. The number of halogens is 1. The van der Waals surface area contributed by atoms with Crippen LogP contribution >= 0.6 is 11.3 Å². The number of nitrogens with zero attached hydrogens (tertiary/aromatic N) is 5. The number of rotatable bonds is 5. The fourth-order valence-electron chi connectivity index (χ4n) is 2.24.